The molecule has 0 atom stereocenters. The second kappa shape index (κ2) is 3.27. The highest BCUT2D eigenvalue weighted by atomic mass is 15.2. The van der Waals surface area contributed by atoms with Crippen molar-refractivity contribution in [2.75, 3.05) is 6.54 Å². The van der Waals surface area contributed by atoms with Crippen LogP contribution in [0.2, 0.25) is 0 Å². The number of H-pyrrole nitrogens is 1. The number of hydrazine groups is 1. The molecule has 0 radical (unpaired) electrons. The number of hydrogen-bond acceptors (Lipinski definition) is 2. The molecule has 0 amide bonds. The Morgan fingerprint density at radius 2 is 2.56 bits per heavy atom. The Morgan fingerprint density at radius 1 is 1.67 bits per heavy atom. The van der Waals surface area contributed by atoms with Gasteiger partial charge < -0.3 is 4.98 Å². The van der Waals surface area contributed by atoms with Crippen molar-refractivity contribution in [3.05, 3.63) is 24.0 Å². The van der Waals surface area contributed by atoms with Crippen LogP contribution < -0.4 is 11.3 Å². The molecule has 0 aliphatic carbocycles. The fourth-order valence-electron chi connectivity index (χ4n) is 0.730. The summed E-state index contributed by atoms with van der Waals surface area (Å²) in [6.45, 7) is 0.820. The van der Waals surface area contributed by atoms with E-state index in [9.17, 15) is 0 Å². The van der Waals surface area contributed by atoms with E-state index in [1.54, 1.807) is 0 Å². The van der Waals surface area contributed by atoms with Gasteiger partial charge in [0.1, 0.15) is 0 Å². The third kappa shape index (κ3) is 1.87. The van der Waals surface area contributed by atoms with Crippen LogP contribution in [0.15, 0.2) is 18.3 Å². The first-order chi connectivity index (χ1) is 4.43. The molecule has 0 saturated carbocycles. The van der Waals surface area contributed by atoms with Crippen LogP contribution in [0.4, 0.5) is 0 Å². The molecule has 0 aliphatic heterocycles. The predicted octanol–water partition coefficient (Wildman–Crippen LogP) is 0.0205. The summed E-state index contributed by atoms with van der Waals surface area (Å²) in [7, 11) is 0. The highest BCUT2D eigenvalue weighted by Gasteiger charge is 1.88. The number of aromatic amines is 1. The maximum atomic E-state index is 5.08. The molecule has 0 bridgehead atoms. The molecule has 0 unspecified atom stereocenters. The predicted molar refractivity (Wildman–Crippen MR) is 36.7 cm³/mol. The average Bonchev–Trinajstić information content (AvgIpc) is 2.34. The molecule has 0 saturated heterocycles. The van der Waals surface area contributed by atoms with Crippen molar-refractivity contribution in [3.63, 3.8) is 0 Å². The van der Waals surface area contributed by atoms with Crippen LogP contribution in [0.5, 0.6) is 0 Å². The van der Waals surface area contributed by atoms with Crippen LogP contribution in [-0.4, -0.2) is 11.5 Å². The minimum atomic E-state index is 0.820. The van der Waals surface area contributed by atoms with Gasteiger partial charge in [-0.05, 0) is 12.1 Å². The SMILES string of the molecule is NNCCc1ccc[nH]1. The number of nitrogens with one attached hydrogen (secondary N) is 2. The zero-order valence-electron chi connectivity index (χ0n) is 5.22. The average molecular weight is 125 g/mol. The van der Waals surface area contributed by atoms with Crippen molar-refractivity contribution in [2.45, 2.75) is 6.42 Å². The summed E-state index contributed by atoms with van der Waals surface area (Å²) in [4.78, 5) is 3.08. The molecule has 1 rings (SSSR count). The third-order valence-electron chi connectivity index (χ3n) is 1.20. The van der Waals surface area contributed by atoms with Crippen molar-refractivity contribution < 1.29 is 0 Å². The van der Waals surface area contributed by atoms with Crippen molar-refractivity contribution in [1.82, 2.24) is 10.4 Å². The fourth-order valence-corrected chi connectivity index (χ4v) is 0.730. The van der Waals surface area contributed by atoms with Crippen LogP contribution >= 0.6 is 0 Å². The molecule has 1 aromatic heterocycles. The van der Waals surface area contributed by atoms with E-state index in [0.29, 0.717) is 0 Å². The zero-order valence-corrected chi connectivity index (χ0v) is 5.22. The van der Waals surface area contributed by atoms with Crippen molar-refractivity contribution >= 4 is 0 Å². The van der Waals surface area contributed by atoms with Crippen LogP contribution in [-0.2, 0) is 6.42 Å². The molecule has 1 aromatic rings. The lowest BCUT2D eigenvalue weighted by molar-refractivity contribution is 0.721. The highest BCUT2D eigenvalue weighted by Crippen LogP contribution is 1.92. The van der Waals surface area contributed by atoms with Crippen LogP contribution in [0.25, 0.3) is 0 Å². The Kier molecular flexibility index (Phi) is 2.30. The van der Waals surface area contributed by atoms with E-state index in [0.717, 1.165) is 13.0 Å². The smallest absolute Gasteiger partial charge is 0.0160 e. The molecule has 9 heavy (non-hydrogen) atoms. The third-order valence-corrected chi connectivity index (χ3v) is 1.20. The molecule has 3 heteroatoms. The Labute approximate surface area is 54.2 Å². The number of aromatic nitrogens is 1. The topological polar surface area (TPSA) is 53.8 Å². The molecule has 0 spiro atoms. The zero-order chi connectivity index (χ0) is 6.53. The first-order valence-corrected chi connectivity index (χ1v) is 2.99. The van der Waals surface area contributed by atoms with Gasteiger partial charge in [0, 0.05) is 24.9 Å². The Balaban J connectivity index is 2.30. The molecular weight excluding hydrogens is 114 g/mol. The molecule has 50 valence electrons. The van der Waals surface area contributed by atoms with E-state index in [1.165, 1.54) is 5.69 Å². The molecular formula is C6H11N3. The summed E-state index contributed by atoms with van der Waals surface area (Å²) >= 11 is 0. The Hall–Kier alpha value is -0.800. The van der Waals surface area contributed by atoms with Crippen molar-refractivity contribution in [2.24, 2.45) is 5.84 Å². The highest BCUT2D eigenvalue weighted by molar-refractivity contribution is 5.03. The molecule has 0 aromatic carbocycles. The van der Waals surface area contributed by atoms with Crippen LogP contribution in [0.1, 0.15) is 5.69 Å². The molecule has 0 fully saturated rings. The van der Waals surface area contributed by atoms with E-state index in [2.05, 4.69) is 10.4 Å². The summed E-state index contributed by atoms with van der Waals surface area (Å²) < 4.78 is 0. The maximum absolute atomic E-state index is 5.08. The first-order valence-electron chi connectivity index (χ1n) is 2.99. The summed E-state index contributed by atoms with van der Waals surface area (Å²) in [6.07, 6.45) is 2.87. The minimum Gasteiger partial charge on any atom is -0.365 e. The summed E-state index contributed by atoms with van der Waals surface area (Å²) in [6, 6.07) is 4.02. The Morgan fingerprint density at radius 3 is 3.11 bits per heavy atom. The lowest BCUT2D eigenvalue weighted by Crippen LogP contribution is -2.24. The summed E-state index contributed by atoms with van der Waals surface area (Å²) in [5.74, 6) is 5.08. The minimum absolute atomic E-state index is 0.820. The standard InChI is InChI=1S/C6H11N3/c7-9-5-3-6-2-1-4-8-6/h1-2,4,8-9H,3,5,7H2. The lowest BCUT2D eigenvalue weighted by atomic mass is 10.3. The van der Waals surface area contributed by atoms with Gasteiger partial charge in [-0.1, -0.05) is 0 Å². The van der Waals surface area contributed by atoms with E-state index < -0.39 is 0 Å². The van der Waals surface area contributed by atoms with Gasteiger partial charge in [0.25, 0.3) is 0 Å². The number of rotatable bonds is 3. The number of hydrogen-bond donors (Lipinski definition) is 3. The Bertz CT molecular complexity index is 145. The molecule has 0 aliphatic rings. The summed E-state index contributed by atoms with van der Waals surface area (Å²) in [5, 5.41) is 0. The van der Waals surface area contributed by atoms with E-state index in [4.69, 9.17) is 5.84 Å². The second-order valence-electron chi connectivity index (χ2n) is 1.90. The number of nitrogens with two attached hydrogens (primary N) is 1. The van der Waals surface area contributed by atoms with Gasteiger partial charge in [-0.25, -0.2) is 0 Å². The van der Waals surface area contributed by atoms with Crippen molar-refractivity contribution in [3.8, 4) is 0 Å². The largest absolute Gasteiger partial charge is 0.365 e. The fraction of sp³-hybridized carbons (Fsp3) is 0.333. The quantitative estimate of drug-likeness (QED) is 0.394. The van der Waals surface area contributed by atoms with Gasteiger partial charge in [0.2, 0.25) is 0 Å². The monoisotopic (exact) mass is 125 g/mol. The van der Waals surface area contributed by atoms with E-state index in [-0.39, 0.29) is 0 Å². The van der Waals surface area contributed by atoms with Gasteiger partial charge in [-0.3, -0.25) is 11.3 Å². The van der Waals surface area contributed by atoms with Crippen LogP contribution in [0.3, 0.4) is 0 Å². The van der Waals surface area contributed by atoms with Crippen LogP contribution in [0, 0.1) is 0 Å². The van der Waals surface area contributed by atoms with Crippen molar-refractivity contribution in [1.29, 1.82) is 0 Å². The first kappa shape index (κ1) is 6.32. The summed E-state index contributed by atoms with van der Waals surface area (Å²) in [5.41, 5.74) is 3.80. The second-order valence-corrected chi connectivity index (χ2v) is 1.90. The van der Waals surface area contributed by atoms with Gasteiger partial charge in [-0.2, -0.15) is 0 Å². The lowest BCUT2D eigenvalue weighted by Gasteiger charge is -1.94. The van der Waals surface area contributed by atoms with Gasteiger partial charge in [0.05, 0.1) is 0 Å². The van der Waals surface area contributed by atoms with Gasteiger partial charge in [-0.15, -0.1) is 0 Å². The van der Waals surface area contributed by atoms with Gasteiger partial charge >= 0.3 is 0 Å². The maximum Gasteiger partial charge on any atom is 0.0160 e. The molecule has 3 nitrogen and oxygen atoms in total. The van der Waals surface area contributed by atoms with E-state index >= 15 is 0 Å². The molecule has 1 heterocycles. The normalized spacial score (nSPS) is 9.89. The van der Waals surface area contributed by atoms with E-state index in [1.807, 2.05) is 18.3 Å². The molecule has 4 N–H and O–H groups in total. The van der Waals surface area contributed by atoms with Gasteiger partial charge in [0.15, 0.2) is 0 Å².